The van der Waals surface area contributed by atoms with Crippen LogP contribution in [0.25, 0.3) is 32.7 Å². The summed E-state index contributed by atoms with van der Waals surface area (Å²) < 4.78 is 83.7. The van der Waals surface area contributed by atoms with Gasteiger partial charge >= 0.3 is 12.4 Å². The normalized spacial score (nSPS) is 13.0. The quantitative estimate of drug-likeness (QED) is 0.270. The maximum atomic E-state index is 13.2. The summed E-state index contributed by atoms with van der Waals surface area (Å²) in [4.78, 5) is 12.6. The molecule has 4 aromatic rings. The molecule has 138 valence electrons. The Morgan fingerprint density at radius 1 is 0.704 bits per heavy atom. The molecule has 0 amide bonds. The van der Waals surface area contributed by atoms with Crippen LogP contribution in [0.4, 0.5) is 26.3 Å². The zero-order valence-electron chi connectivity index (χ0n) is 13.2. The Morgan fingerprint density at radius 2 is 1.41 bits per heavy atom. The standard InChI is InChI=1S/C19H8F6O2/c20-18(21,22)10-4-5-11-16(7-10)27-15-6-9-2-1-3-14(19(23,24)25)12(9)8-13(15)17(11)26/h1-8H. The number of alkyl halides is 6. The van der Waals surface area contributed by atoms with Gasteiger partial charge in [-0.05, 0) is 47.2 Å². The maximum Gasteiger partial charge on any atom is 0.417 e. The molecule has 0 aliphatic heterocycles. The van der Waals surface area contributed by atoms with E-state index in [0.29, 0.717) is 6.07 Å². The SMILES string of the molecule is O=c1c2ccc(C(F)(F)F)cc2oc2cc3cccc(C(F)(F)F)c3cc12. The van der Waals surface area contributed by atoms with Gasteiger partial charge in [0.25, 0.3) is 0 Å². The molecule has 1 aromatic heterocycles. The van der Waals surface area contributed by atoms with Gasteiger partial charge in [-0.2, -0.15) is 26.3 Å². The highest BCUT2D eigenvalue weighted by Crippen LogP contribution is 2.37. The summed E-state index contributed by atoms with van der Waals surface area (Å²) >= 11 is 0. The van der Waals surface area contributed by atoms with Crippen molar-refractivity contribution in [3.8, 4) is 0 Å². The number of rotatable bonds is 0. The van der Waals surface area contributed by atoms with Gasteiger partial charge < -0.3 is 4.42 Å². The first-order valence-electron chi connectivity index (χ1n) is 7.63. The van der Waals surface area contributed by atoms with Crippen LogP contribution in [0.3, 0.4) is 0 Å². The van der Waals surface area contributed by atoms with Crippen molar-refractivity contribution in [1.29, 1.82) is 0 Å². The summed E-state index contributed by atoms with van der Waals surface area (Å²) in [6, 6.07) is 8.19. The fraction of sp³-hybridized carbons (Fsp3) is 0.105. The van der Waals surface area contributed by atoms with E-state index in [1.165, 1.54) is 18.2 Å². The van der Waals surface area contributed by atoms with Gasteiger partial charge in [-0.25, -0.2) is 0 Å². The summed E-state index contributed by atoms with van der Waals surface area (Å²) in [6.45, 7) is 0. The predicted molar refractivity (Wildman–Crippen MR) is 87.5 cm³/mol. The van der Waals surface area contributed by atoms with Crippen molar-refractivity contribution in [2.24, 2.45) is 0 Å². The summed E-state index contributed by atoms with van der Waals surface area (Å²) in [5, 5.41) is -0.298. The molecule has 4 rings (SSSR count). The van der Waals surface area contributed by atoms with Crippen molar-refractivity contribution in [2.45, 2.75) is 12.4 Å². The number of benzene rings is 3. The van der Waals surface area contributed by atoms with Crippen molar-refractivity contribution in [1.82, 2.24) is 0 Å². The largest absolute Gasteiger partial charge is 0.456 e. The molecule has 0 N–H and O–H groups in total. The van der Waals surface area contributed by atoms with Gasteiger partial charge in [-0.15, -0.1) is 0 Å². The van der Waals surface area contributed by atoms with E-state index in [-0.39, 0.29) is 32.7 Å². The van der Waals surface area contributed by atoms with Gasteiger partial charge in [0.1, 0.15) is 11.2 Å². The number of hydrogen-bond donors (Lipinski definition) is 0. The average molecular weight is 382 g/mol. The molecule has 0 atom stereocenters. The van der Waals surface area contributed by atoms with Crippen molar-refractivity contribution in [2.75, 3.05) is 0 Å². The van der Waals surface area contributed by atoms with Crippen molar-refractivity contribution < 1.29 is 30.8 Å². The third kappa shape index (κ3) is 2.81. The molecule has 0 spiro atoms. The topological polar surface area (TPSA) is 30.2 Å². The van der Waals surface area contributed by atoms with Crippen LogP contribution in [-0.2, 0) is 12.4 Å². The summed E-state index contributed by atoms with van der Waals surface area (Å²) in [6.07, 6.45) is -9.24. The summed E-state index contributed by atoms with van der Waals surface area (Å²) in [5.74, 6) is 0. The van der Waals surface area contributed by atoms with E-state index in [9.17, 15) is 31.1 Å². The van der Waals surface area contributed by atoms with Crippen LogP contribution in [0, 0.1) is 0 Å². The predicted octanol–water partition coefficient (Wildman–Crippen LogP) is 6.14. The van der Waals surface area contributed by atoms with Gasteiger partial charge in [0.2, 0.25) is 5.43 Å². The Balaban J connectivity index is 2.10. The minimum absolute atomic E-state index is 0.0846. The molecule has 0 aliphatic rings. The Morgan fingerprint density at radius 3 is 2.07 bits per heavy atom. The number of halogens is 6. The Kier molecular flexibility index (Phi) is 3.53. The highest BCUT2D eigenvalue weighted by molar-refractivity contribution is 6.00. The maximum absolute atomic E-state index is 13.2. The zero-order valence-corrected chi connectivity index (χ0v) is 13.2. The monoisotopic (exact) mass is 382 g/mol. The van der Waals surface area contributed by atoms with Crippen LogP contribution in [0.2, 0.25) is 0 Å². The van der Waals surface area contributed by atoms with Crippen LogP contribution < -0.4 is 5.43 Å². The molecule has 0 bridgehead atoms. The number of hydrogen-bond acceptors (Lipinski definition) is 2. The van der Waals surface area contributed by atoms with E-state index in [0.717, 1.165) is 24.3 Å². The molecule has 0 saturated carbocycles. The molecular weight excluding hydrogens is 374 g/mol. The van der Waals surface area contributed by atoms with E-state index >= 15 is 0 Å². The molecule has 0 saturated heterocycles. The molecule has 27 heavy (non-hydrogen) atoms. The molecule has 1 heterocycles. The van der Waals surface area contributed by atoms with Crippen LogP contribution in [-0.4, -0.2) is 0 Å². The molecule has 0 aliphatic carbocycles. The van der Waals surface area contributed by atoms with Crippen LogP contribution in [0.1, 0.15) is 11.1 Å². The molecule has 0 radical (unpaired) electrons. The van der Waals surface area contributed by atoms with Gasteiger partial charge in [-0.1, -0.05) is 12.1 Å². The Hall–Kier alpha value is -3.03. The second-order valence-electron chi connectivity index (χ2n) is 6.01. The zero-order chi connectivity index (χ0) is 19.6. The molecule has 3 aromatic carbocycles. The first-order chi connectivity index (χ1) is 12.6. The van der Waals surface area contributed by atoms with E-state index < -0.39 is 28.9 Å². The van der Waals surface area contributed by atoms with Gasteiger partial charge in [0.05, 0.1) is 21.9 Å². The van der Waals surface area contributed by atoms with E-state index in [1.54, 1.807) is 0 Å². The fourth-order valence-corrected chi connectivity index (χ4v) is 3.05. The molecular formula is C19H8F6O2. The third-order valence-corrected chi connectivity index (χ3v) is 4.30. The van der Waals surface area contributed by atoms with Crippen molar-refractivity contribution >= 4 is 32.7 Å². The van der Waals surface area contributed by atoms with Crippen molar-refractivity contribution in [3.63, 3.8) is 0 Å². The molecule has 2 nitrogen and oxygen atoms in total. The van der Waals surface area contributed by atoms with E-state index in [4.69, 9.17) is 4.42 Å². The highest BCUT2D eigenvalue weighted by Gasteiger charge is 2.33. The minimum Gasteiger partial charge on any atom is -0.456 e. The van der Waals surface area contributed by atoms with E-state index in [1.807, 2.05) is 0 Å². The Bertz CT molecular complexity index is 1260. The minimum atomic E-state index is -4.62. The lowest BCUT2D eigenvalue weighted by Gasteiger charge is -2.11. The summed E-state index contributed by atoms with van der Waals surface area (Å²) in [7, 11) is 0. The average Bonchev–Trinajstić information content (AvgIpc) is 2.58. The lowest BCUT2D eigenvalue weighted by Crippen LogP contribution is -2.08. The van der Waals surface area contributed by atoms with Crippen molar-refractivity contribution in [3.05, 3.63) is 69.9 Å². The smallest absolute Gasteiger partial charge is 0.417 e. The van der Waals surface area contributed by atoms with Gasteiger partial charge in [-0.3, -0.25) is 4.79 Å². The lowest BCUT2D eigenvalue weighted by atomic mass is 10.0. The lowest BCUT2D eigenvalue weighted by molar-refractivity contribution is -0.137. The first kappa shape index (κ1) is 17.4. The summed E-state index contributed by atoms with van der Waals surface area (Å²) in [5.41, 5.74) is -2.96. The van der Waals surface area contributed by atoms with Crippen LogP contribution in [0.5, 0.6) is 0 Å². The molecule has 8 heteroatoms. The first-order valence-corrected chi connectivity index (χ1v) is 7.63. The third-order valence-electron chi connectivity index (χ3n) is 4.30. The van der Waals surface area contributed by atoms with Gasteiger partial charge in [0.15, 0.2) is 0 Å². The molecule has 0 fully saturated rings. The highest BCUT2D eigenvalue weighted by atomic mass is 19.4. The fourth-order valence-electron chi connectivity index (χ4n) is 3.05. The van der Waals surface area contributed by atoms with Gasteiger partial charge in [0, 0.05) is 0 Å². The molecule has 0 unspecified atom stereocenters. The Labute approximate surface area is 146 Å². The second kappa shape index (κ2) is 5.48. The van der Waals surface area contributed by atoms with Crippen LogP contribution >= 0.6 is 0 Å². The van der Waals surface area contributed by atoms with Crippen LogP contribution in [0.15, 0.2) is 57.7 Å². The second-order valence-corrected chi connectivity index (χ2v) is 6.01. The van der Waals surface area contributed by atoms with E-state index in [2.05, 4.69) is 0 Å². The number of fused-ring (bicyclic) bond motifs is 3.